The van der Waals surface area contributed by atoms with Crippen LogP contribution in [0, 0.1) is 0 Å². The van der Waals surface area contributed by atoms with Gasteiger partial charge in [0.05, 0.1) is 13.2 Å². The predicted octanol–water partition coefficient (Wildman–Crippen LogP) is 5.31. The molecule has 164 valence electrons. The van der Waals surface area contributed by atoms with E-state index in [0.717, 1.165) is 5.56 Å². The molecule has 3 atom stereocenters. The van der Waals surface area contributed by atoms with Crippen LogP contribution in [0.5, 0.6) is 0 Å². The molecular weight excluding hydrogens is 396 g/mol. The zero-order valence-corrected chi connectivity index (χ0v) is 19.7. The van der Waals surface area contributed by atoms with Crippen molar-refractivity contribution in [2.75, 3.05) is 13.2 Å². The maximum Gasteiger partial charge on any atom is 0.200 e. The molecule has 1 saturated heterocycles. The van der Waals surface area contributed by atoms with Crippen LogP contribution >= 0.6 is 0 Å². The first-order chi connectivity index (χ1) is 14.2. The second-order valence-electron chi connectivity index (χ2n) is 9.38. The standard InChI is InChI=1S/C24H34O5Si/c1-24(2,3)30(4,5)27-16-15-20-19(25)13-9-10-14-21-22(28-20)17-26-23(29-21)18-11-7-6-8-12-18/h6-12,15,21-23H,13-14,16-17H2,1-5H3/b10-9-,20-15+/t21-,22+,23+/m0/s1. The second-order valence-corrected chi connectivity index (χ2v) is 14.2. The van der Waals surface area contributed by atoms with Gasteiger partial charge in [-0.05, 0) is 30.6 Å². The Morgan fingerprint density at radius 3 is 2.57 bits per heavy atom. The number of carbonyl (C=O) groups is 1. The number of hydrogen-bond donors (Lipinski definition) is 0. The van der Waals surface area contributed by atoms with Crippen molar-refractivity contribution in [3.63, 3.8) is 0 Å². The highest BCUT2D eigenvalue weighted by atomic mass is 28.4. The predicted molar refractivity (Wildman–Crippen MR) is 119 cm³/mol. The van der Waals surface area contributed by atoms with E-state index in [9.17, 15) is 4.79 Å². The van der Waals surface area contributed by atoms with Crippen LogP contribution in [0.4, 0.5) is 0 Å². The summed E-state index contributed by atoms with van der Waals surface area (Å²) in [5.41, 5.74) is 0.981. The SMILES string of the molecule is CC(C)(C)[Si](C)(C)OC/C=C1/O[C@@H]2CO[C@@H](c3ccccc3)O[C@H]2C/C=C\CC1=O. The summed E-state index contributed by atoms with van der Waals surface area (Å²) in [6.45, 7) is 11.7. The number of carbonyl (C=O) groups excluding carboxylic acids is 1. The molecule has 0 amide bonds. The highest BCUT2D eigenvalue weighted by Crippen LogP contribution is 2.36. The minimum absolute atomic E-state index is 0.0454. The first kappa shape index (κ1) is 22.9. The Morgan fingerprint density at radius 1 is 1.13 bits per heavy atom. The van der Waals surface area contributed by atoms with Gasteiger partial charge >= 0.3 is 0 Å². The molecule has 0 unspecified atom stereocenters. The normalized spacial score (nSPS) is 28.1. The van der Waals surface area contributed by atoms with Crippen molar-refractivity contribution in [2.24, 2.45) is 0 Å². The molecule has 2 aliphatic rings. The summed E-state index contributed by atoms with van der Waals surface area (Å²) in [6, 6.07) is 9.88. The first-order valence-electron chi connectivity index (χ1n) is 10.7. The minimum Gasteiger partial charge on any atom is -0.482 e. The summed E-state index contributed by atoms with van der Waals surface area (Å²) < 4.78 is 24.5. The van der Waals surface area contributed by atoms with Crippen LogP contribution in [0.15, 0.2) is 54.3 Å². The molecule has 0 bridgehead atoms. The molecule has 6 heteroatoms. The number of benzene rings is 1. The second kappa shape index (κ2) is 9.60. The Kier molecular flexibility index (Phi) is 7.34. The van der Waals surface area contributed by atoms with E-state index < -0.39 is 14.6 Å². The van der Waals surface area contributed by atoms with Crippen LogP contribution in [0.25, 0.3) is 0 Å². The van der Waals surface area contributed by atoms with Crippen molar-refractivity contribution in [2.45, 2.75) is 70.2 Å². The fourth-order valence-corrected chi connectivity index (χ4v) is 4.06. The van der Waals surface area contributed by atoms with E-state index in [2.05, 4.69) is 33.9 Å². The average molecular weight is 431 g/mol. The van der Waals surface area contributed by atoms with Crippen LogP contribution in [0.1, 0.15) is 45.5 Å². The number of allylic oxidation sites excluding steroid dienone is 2. The fourth-order valence-electron chi connectivity index (χ4n) is 3.13. The van der Waals surface area contributed by atoms with Crippen LogP contribution in [0.2, 0.25) is 18.1 Å². The van der Waals surface area contributed by atoms with Gasteiger partial charge in [0.2, 0.25) is 5.78 Å². The molecule has 0 saturated carbocycles. The van der Waals surface area contributed by atoms with Gasteiger partial charge in [0.15, 0.2) is 20.4 Å². The third kappa shape index (κ3) is 5.69. The maximum absolute atomic E-state index is 12.7. The lowest BCUT2D eigenvalue weighted by molar-refractivity contribution is -0.258. The Bertz CT molecular complexity index is 779. The lowest BCUT2D eigenvalue weighted by Crippen LogP contribution is -2.42. The molecule has 30 heavy (non-hydrogen) atoms. The van der Waals surface area contributed by atoms with Crippen LogP contribution < -0.4 is 0 Å². The number of fused-ring (bicyclic) bond motifs is 1. The molecule has 1 fully saturated rings. The molecule has 0 spiro atoms. The molecule has 0 radical (unpaired) electrons. The lowest BCUT2D eigenvalue weighted by atomic mass is 10.1. The van der Waals surface area contributed by atoms with Gasteiger partial charge in [0.25, 0.3) is 0 Å². The molecule has 2 heterocycles. The van der Waals surface area contributed by atoms with Gasteiger partial charge in [0, 0.05) is 12.0 Å². The van der Waals surface area contributed by atoms with Gasteiger partial charge in [-0.2, -0.15) is 0 Å². The number of ether oxygens (including phenoxy) is 3. The summed E-state index contributed by atoms with van der Waals surface area (Å²) >= 11 is 0. The summed E-state index contributed by atoms with van der Waals surface area (Å²) in [5.74, 6) is 0.302. The summed E-state index contributed by atoms with van der Waals surface area (Å²) in [7, 11) is -1.90. The largest absolute Gasteiger partial charge is 0.482 e. The highest BCUT2D eigenvalue weighted by Gasteiger charge is 2.37. The average Bonchev–Trinajstić information content (AvgIpc) is 2.77. The summed E-state index contributed by atoms with van der Waals surface area (Å²) in [4.78, 5) is 12.7. The Morgan fingerprint density at radius 2 is 1.87 bits per heavy atom. The van der Waals surface area contributed by atoms with Crippen LogP contribution in [-0.2, 0) is 23.4 Å². The third-order valence-corrected chi connectivity index (χ3v) is 10.6. The topological polar surface area (TPSA) is 54.0 Å². The van der Waals surface area contributed by atoms with Crippen molar-refractivity contribution in [1.29, 1.82) is 0 Å². The highest BCUT2D eigenvalue weighted by molar-refractivity contribution is 6.74. The Hall–Kier alpha value is -1.73. The Labute approximate surface area is 181 Å². The summed E-state index contributed by atoms with van der Waals surface area (Å²) in [5, 5.41) is 0.111. The minimum atomic E-state index is -1.90. The summed E-state index contributed by atoms with van der Waals surface area (Å²) in [6.07, 6.45) is 5.73. The van der Waals surface area contributed by atoms with Gasteiger partial charge in [-0.25, -0.2) is 0 Å². The molecular formula is C24H34O5Si. The molecule has 0 N–H and O–H groups in total. The van der Waals surface area contributed by atoms with E-state index in [-0.39, 0.29) is 23.0 Å². The smallest absolute Gasteiger partial charge is 0.200 e. The third-order valence-electron chi connectivity index (χ3n) is 6.11. The van der Waals surface area contributed by atoms with Gasteiger partial charge in [-0.3, -0.25) is 4.79 Å². The van der Waals surface area contributed by atoms with Crippen molar-refractivity contribution < 1.29 is 23.4 Å². The fraction of sp³-hybridized carbons (Fsp3) is 0.542. The monoisotopic (exact) mass is 430 g/mol. The van der Waals surface area contributed by atoms with Gasteiger partial charge in [0.1, 0.15) is 12.2 Å². The molecule has 0 aliphatic carbocycles. The number of hydrogen-bond acceptors (Lipinski definition) is 5. The number of ketones is 1. The van der Waals surface area contributed by atoms with Gasteiger partial charge < -0.3 is 18.6 Å². The van der Waals surface area contributed by atoms with Crippen molar-refractivity contribution in [3.05, 3.63) is 59.9 Å². The van der Waals surface area contributed by atoms with Crippen molar-refractivity contribution in [3.8, 4) is 0 Å². The zero-order chi connectivity index (χ0) is 21.8. The molecule has 2 aliphatic heterocycles. The van der Waals surface area contributed by atoms with E-state index in [1.165, 1.54) is 0 Å². The Balaban J connectivity index is 1.70. The van der Waals surface area contributed by atoms with E-state index in [1.54, 1.807) is 6.08 Å². The van der Waals surface area contributed by atoms with Gasteiger partial charge in [-0.1, -0.05) is 63.3 Å². The van der Waals surface area contributed by atoms with Crippen molar-refractivity contribution in [1.82, 2.24) is 0 Å². The van der Waals surface area contributed by atoms with Gasteiger partial charge in [-0.15, -0.1) is 0 Å². The van der Waals surface area contributed by atoms with E-state index in [0.29, 0.717) is 31.8 Å². The molecule has 1 aromatic rings. The van der Waals surface area contributed by atoms with Crippen LogP contribution in [0.3, 0.4) is 0 Å². The van der Waals surface area contributed by atoms with Crippen molar-refractivity contribution >= 4 is 14.1 Å². The lowest BCUT2D eigenvalue weighted by Gasteiger charge is -2.37. The van der Waals surface area contributed by atoms with E-state index in [1.807, 2.05) is 42.5 Å². The molecule has 0 aromatic heterocycles. The maximum atomic E-state index is 12.7. The quantitative estimate of drug-likeness (QED) is 0.368. The van der Waals surface area contributed by atoms with Crippen LogP contribution in [-0.4, -0.2) is 39.5 Å². The van der Waals surface area contributed by atoms with E-state index >= 15 is 0 Å². The molecule has 3 rings (SSSR count). The van der Waals surface area contributed by atoms with E-state index in [4.69, 9.17) is 18.6 Å². The molecule has 1 aromatic carbocycles. The first-order valence-corrected chi connectivity index (χ1v) is 13.6. The number of rotatable bonds is 4. The molecule has 5 nitrogen and oxygen atoms in total. The number of Topliss-reactive ketones (excluding diaryl/α,β-unsaturated/α-hetero) is 1. The zero-order valence-electron chi connectivity index (χ0n) is 18.7.